The number of carbonyl (C=O) groups excluding carboxylic acids is 1. The number of piperidine rings is 1. The quantitative estimate of drug-likeness (QED) is 0.497. The average Bonchev–Trinajstić information content (AvgIpc) is 3.52. The number of amides is 1. The molecule has 0 radical (unpaired) electrons. The van der Waals surface area contributed by atoms with Gasteiger partial charge in [-0.2, -0.15) is 4.31 Å². The van der Waals surface area contributed by atoms with Gasteiger partial charge in [-0.05, 0) is 56.3 Å². The number of rotatable bonds is 7. The molecule has 0 bridgehead atoms. The molecule has 0 saturated carbocycles. The molecule has 0 aliphatic carbocycles. The number of nitrogens with zero attached hydrogens (tertiary/aromatic N) is 3. The summed E-state index contributed by atoms with van der Waals surface area (Å²) in [7, 11) is -7.12. The second-order valence-corrected chi connectivity index (χ2v) is 13.8. The van der Waals surface area contributed by atoms with Gasteiger partial charge in [0.25, 0.3) is 10.0 Å². The van der Waals surface area contributed by atoms with E-state index in [0.29, 0.717) is 24.9 Å². The van der Waals surface area contributed by atoms with Crippen LogP contribution in [0.2, 0.25) is 0 Å². The molecule has 1 N–H and O–H groups in total. The molecular formula is C21H24N4O6S3. The second kappa shape index (κ2) is 9.56. The highest BCUT2D eigenvalue weighted by Crippen LogP contribution is 2.28. The lowest BCUT2D eigenvalue weighted by atomic mass is 9.99. The number of sulfonamides is 1. The molecule has 1 amide bonds. The Bertz CT molecular complexity index is 1380. The summed E-state index contributed by atoms with van der Waals surface area (Å²) in [6, 6.07) is 9.23. The van der Waals surface area contributed by atoms with E-state index in [9.17, 15) is 21.6 Å². The van der Waals surface area contributed by atoms with Crippen molar-refractivity contribution in [3.63, 3.8) is 0 Å². The molecule has 34 heavy (non-hydrogen) atoms. The maximum Gasteiger partial charge on any atom is 0.322 e. The van der Waals surface area contributed by atoms with Crippen molar-refractivity contribution in [3.05, 3.63) is 41.8 Å². The molecule has 13 heteroatoms. The van der Waals surface area contributed by atoms with Gasteiger partial charge < -0.3 is 4.42 Å². The summed E-state index contributed by atoms with van der Waals surface area (Å²) in [5, 5.41) is 11.4. The first-order valence-corrected chi connectivity index (χ1v) is 14.5. The standard InChI is InChI=1S/C21H24N4O6S3/c1-14(2)33(27,28)17-8-3-6-15(12-17)20-23-24-21(31-20)22-19(26)16-7-4-10-25(13-16)34(29,30)18-9-5-11-32-18/h3,5-6,8-9,11-12,14,16H,4,7,10,13H2,1-2H3,(H,22,24,26). The molecule has 182 valence electrons. The zero-order chi connectivity index (χ0) is 24.5. The van der Waals surface area contributed by atoms with E-state index in [4.69, 9.17) is 4.42 Å². The third-order valence-corrected chi connectivity index (χ3v) is 10.9. The van der Waals surface area contributed by atoms with Crippen molar-refractivity contribution in [2.24, 2.45) is 5.92 Å². The SMILES string of the molecule is CC(C)S(=O)(=O)c1cccc(-c2nnc(NC(=O)C3CCCN(S(=O)(=O)c4cccs4)C3)o2)c1. The van der Waals surface area contributed by atoms with E-state index >= 15 is 0 Å². The van der Waals surface area contributed by atoms with E-state index in [0.717, 1.165) is 11.3 Å². The Balaban J connectivity index is 1.46. The van der Waals surface area contributed by atoms with Gasteiger partial charge in [-0.1, -0.05) is 17.2 Å². The minimum atomic E-state index is -3.64. The monoisotopic (exact) mass is 524 g/mol. The van der Waals surface area contributed by atoms with E-state index < -0.39 is 36.9 Å². The lowest BCUT2D eigenvalue weighted by molar-refractivity contribution is -0.121. The maximum atomic E-state index is 12.8. The van der Waals surface area contributed by atoms with Crippen molar-refractivity contribution in [2.45, 2.75) is 41.0 Å². The minimum absolute atomic E-state index is 0.0571. The topological polar surface area (TPSA) is 140 Å². The number of anilines is 1. The number of benzene rings is 1. The molecular weight excluding hydrogens is 500 g/mol. The maximum absolute atomic E-state index is 12.8. The number of carbonyl (C=O) groups is 1. The van der Waals surface area contributed by atoms with Gasteiger partial charge in [0.15, 0.2) is 9.84 Å². The highest BCUT2D eigenvalue weighted by molar-refractivity contribution is 7.92. The second-order valence-electron chi connectivity index (χ2n) is 8.16. The Morgan fingerprint density at radius 1 is 1.18 bits per heavy atom. The summed E-state index contributed by atoms with van der Waals surface area (Å²) >= 11 is 1.14. The van der Waals surface area contributed by atoms with Crippen LogP contribution in [0, 0.1) is 5.92 Å². The van der Waals surface area contributed by atoms with Crippen LogP contribution in [0.4, 0.5) is 6.01 Å². The Kier molecular flexibility index (Phi) is 6.90. The molecule has 1 aliphatic rings. The van der Waals surface area contributed by atoms with E-state index in [1.54, 1.807) is 43.5 Å². The van der Waals surface area contributed by atoms with Crippen LogP contribution in [0.3, 0.4) is 0 Å². The molecule has 1 aromatic carbocycles. The van der Waals surface area contributed by atoms with Crippen LogP contribution in [-0.2, 0) is 24.7 Å². The van der Waals surface area contributed by atoms with Crippen LogP contribution in [0.1, 0.15) is 26.7 Å². The zero-order valence-corrected chi connectivity index (χ0v) is 21.0. The molecule has 2 aromatic heterocycles. The number of hydrogen-bond donors (Lipinski definition) is 1. The van der Waals surface area contributed by atoms with E-state index in [1.165, 1.54) is 16.4 Å². The van der Waals surface area contributed by atoms with Crippen molar-refractivity contribution in [2.75, 3.05) is 18.4 Å². The Morgan fingerprint density at radius 2 is 1.97 bits per heavy atom. The number of nitrogens with one attached hydrogen (secondary N) is 1. The lowest BCUT2D eigenvalue weighted by Crippen LogP contribution is -2.43. The van der Waals surface area contributed by atoms with Crippen LogP contribution in [0.5, 0.6) is 0 Å². The van der Waals surface area contributed by atoms with E-state index in [2.05, 4.69) is 15.5 Å². The highest BCUT2D eigenvalue weighted by Gasteiger charge is 2.34. The van der Waals surface area contributed by atoms with Gasteiger partial charge in [-0.15, -0.1) is 16.4 Å². The first-order chi connectivity index (χ1) is 16.1. The summed E-state index contributed by atoms with van der Waals surface area (Å²) in [4.78, 5) is 12.9. The van der Waals surface area contributed by atoms with Crippen LogP contribution in [0.15, 0.2) is 55.3 Å². The molecule has 0 spiro atoms. The third kappa shape index (κ3) is 4.92. The first-order valence-electron chi connectivity index (χ1n) is 10.6. The Morgan fingerprint density at radius 3 is 2.68 bits per heavy atom. The van der Waals surface area contributed by atoms with Gasteiger partial charge >= 0.3 is 6.01 Å². The van der Waals surface area contributed by atoms with Crippen molar-refractivity contribution >= 4 is 43.1 Å². The zero-order valence-electron chi connectivity index (χ0n) is 18.5. The first kappa shape index (κ1) is 24.5. The molecule has 1 saturated heterocycles. The largest absolute Gasteiger partial charge is 0.403 e. The molecule has 1 aliphatic heterocycles. The van der Waals surface area contributed by atoms with Gasteiger partial charge in [0.1, 0.15) is 4.21 Å². The van der Waals surface area contributed by atoms with Gasteiger partial charge in [0.05, 0.1) is 16.1 Å². The normalized spacial score (nSPS) is 17.7. The molecule has 1 unspecified atom stereocenters. The van der Waals surface area contributed by atoms with Crippen LogP contribution >= 0.6 is 11.3 Å². The number of aromatic nitrogens is 2. The molecule has 3 heterocycles. The van der Waals surface area contributed by atoms with Crippen LogP contribution < -0.4 is 5.32 Å². The fourth-order valence-corrected chi connectivity index (χ4v) is 7.36. The number of sulfone groups is 1. The molecule has 10 nitrogen and oxygen atoms in total. The minimum Gasteiger partial charge on any atom is -0.403 e. The Labute approximate surface area is 202 Å². The van der Waals surface area contributed by atoms with Crippen LogP contribution in [-0.4, -0.2) is 55.6 Å². The van der Waals surface area contributed by atoms with Gasteiger partial charge in [-0.25, -0.2) is 16.8 Å². The number of thiophene rings is 1. The van der Waals surface area contributed by atoms with E-state index in [1.807, 2.05) is 0 Å². The fourth-order valence-electron chi connectivity index (χ4n) is 3.59. The summed E-state index contributed by atoms with van der Waals surface area (Å²) in [5.41, 5.74) is 0.403. The molecule has 1 fully saturated rings. The summed E-state index contributed by atoms with van der Waals surface area (Å²) in [6.07, 6.45) is 1.08. The number of hydrogen-bond acceptors (Lipinski definition) is 9. The fraction of sp³-hybridized carbons (Fsp3) is 0.381. The highest BCUT2D eigenvalue weighted by atomic mass is 32.2. The van der Waals surface area contributed by atoms with Crippen molar-refractivity contribution in [1.82, 2.24) is 14.5 Å². The third-order valence-electron chi connectivity index (χ3n) is 5.53. The van der Waals surface area contributed by atoms with Crippen molar-refractivity contribution in [1.29, 1.82) is 0 Å². The average molecular weight is 525 g/mol. The van der Waals surface area contributed by atoms with Crippen LogP contribution in [0.25, 0.3) is 11.5 Å². The summed E-state index contributed by atoms with van der Waals surface area (Å²) < 4.78 is 57.6. The van der Waals surface area contributed by atoms with Gasteiger partial charge in [0, 0.05) is 18.7 Å². The van der Waals surface area contributed by atoms with Gasteiger partial charge in [0.2, 0.25) is 11.8 Å². The molecule has 3 aromatic rings. The lowest BCUT2D eigenvalue weighted by Gasteiger charge is -2.30. The van der Waals surface area contributed by atoms with Crippen molar-refractivity contribution < 1.29 is 26.0 Å². The van der Waals surface area contributed by atoms with E-state index in [-0.39, 0.29) is 27.6 Å². The Hall–Kier alpha value is -2.61. The molecule has 4 rings (SSSR count). The smallest absolute Gasteiger partial charge is 0.322 e. The summed E-state index contributed by atoms with van der Waals surface area (Å²) in [6.45, 7) is 3.60. The van der Waals surface area contributed by atoms with Gasteiger partial charge in [-0.3, -0.25) is 10.1 Å². The predicted molar refractivity (Wildman–Crippen MR) is 126 cm³/mol. The summed E-state index contributed by atoms with van der Waals surface area (Å²) in [5.74, 6) is -0.933. The molecule has 1 atom stereocenters. The predicted octanol–water partition coefficient (Wildman–Crippen LogP) is 3.02. The van der Waals surface area contributed by atoms with Crippen molar-refractivity contribution in [3.8, 4) is 11.5 Å².